The highest BCUT2D eigenvalue weighted by molar-refractivity contribution is 9.10. The van der Waals surface area contributed by atoms with Crippen molar-refractivity contribution < 1.29 is 4.39 Å². The van der Waals surface area contributed by atoms with Crippen LogP contribution in [-0.4, -0.2) is 0 Å². The molecule has 0 saturated heterocycles. The molecule has 0 bridgehead atoms. The van der Waals surface area contributed by atoms with Crippen LogP contribution in [0.5, 0.6) is 0 Å². The lowest BCUT2D eigenvalue weighted by atomic mass is 10.0. The summed E-state index contributed by atoms with van der Waals surface area (Å²) in [6.45, 7) is 1.92. The molecule has 0 unspecified atom stereocenters. The van der Waals surface area contributed by atoms with Crippen LogP contribution in [0, 0.1) is 12.7 Å². The first-order valence-electron chi connectivity index (χ1n) is 4.80. The maximum atomic E-state index is 13.7. The Morgan fingerprint density at radius 1 is 1.19 bits per heavy atom. The summed E-state index contributed by atoms with van der Waals surface area (Å²) >= 11 is 9.44. The fraction of sp³-hybridized carbons (Fsp3) is 0.0769. The Morgan fingerprint density at radius 3 is 2.62 bits per heavy atom. The molecule has 2 rings (SSSR count). The molecule has 2 aromatic rings. The molecule has 0 radical (unpaired) electrons. The normalized spacial score (nSPS) is 10.5. The third-order valence-corrected chi connectivity index (χ3v) is 3.23. The second-order valence-corrected chi connectivity index (χ2v) is 4.88. The van der Waals surface area contributed by atoms with Crippen molar-refractivity contribution in [2.24, 2.45) is 0 Å². The molecule has 0 heterocycles. The van der Waals surface area contributed by atoms with E-state index in [1.165, 1.54) is 6.07 Å². The molecule has 0 N–H and O–H groups in total. The molecular formula is C13H9BrClF. The largest absolute Gasteiger partial charge is 0.206 e. The second kappa shape index (κ2) is 4.56. The third kappa shape index (κ3) is 2.13. The average molecular weight is 300 g/mol. The van der Waals surface area contributed by atoms with Crippen molar-refractivity contribution in [1.82, 2.24) is 0 Å². The zero-order valence-corrected chi connectivity index (χ0v) is 10.9. The molecule has 16 heavy (non-hydrogen) atoms. The Bertz CT molecular complexity index is 517. The van der Waals surface area contributed by atoms with E-state index in [1.807, 2.05) is 19.1 Å². The summed E-state index contributed by atoms with van der Waals surface area (Å²) in [5.74, 6) is -0.264. The van der Waals surface area contributed by atoms with Gasteiger partial charge in [0.15, 0.2) is 0 Å². The van der Waals surface area contributed by atoms with Gasteiger partial charge in [-0.05, 0) is 36.8 Å². The van der Waals surface area contributed by atoms with Gasteiger partial charge in [-0.1, -0.05) is 39.7 Å². The molecular weight excluding hydrogens is 290 g/mol. The molecule has 0 aliphatic heterocycles. The van der Waals surface area contributed by atoms with E-state index in [1.54, 1.807) is 18.2 Å². The number of benzene rings is 2. The first-order chi connectivity index (χ1) is 7.59. The first kappa shape index (κ1) is 11.6. The van der Waals surface area contributed by atoms with Crippen LogP contribution >= 0.6 is 27.5 Å². The minimum absolute atomic E-state index is 0.264. The Labute approximate surface area is 107 Å². The third-order valence-electron chi connectivity index (χ3n) is 2.42. The SMILES string of the molecule is Cc1cccc(Cl)c1-c1cc(Br)ccc1F. The quantitative estimate of drug-likeness (QED) is 0.677. The van der Waals surface area contributed by atoms with Crippen molar-refractivity contribution in [1.29, 1.82) is 0 Å². The summed E-state index contributed by atoms with van der Waals surface area (Å²) in [7, 11) is 0. The zero-order valence-electron chi connectivity index (χ0n) is 8.60. The molecule has 0 spiro atoms. The summed E-state index contributed by atoms with van der Waals surface area (Å²) in [5, 5.41) is 0.567. The van der Waals surface area contributed by atoms with Crippen LogP contribution in [0.25, 0.3) is 11.1 Å². The fourth-order valence-corrected chi connectivity index (χ4v) is 2.35. The Kier molecular flexibility index (Phi) is 3.31. The number of halogens is 3. The number of hydrogen-bond donors (Lipinski definition) is 0. The first-order valence-corrected chi connectivity index (χ1v) is 5.97. The second-order valence-electron chi connectivity index (χ2n) is 3.56. The Hall–Kier alpha value is -0.860. The van der Waals surface area contributed by atoms with Crippen molar-refractivity contribution in [3.05, 3.63) is 57.3 Å². The van der Waals surface area contributed by atoms with E-state index in [-0.39, 0.29) is 5.82 Å². The molecule has 0 saturated carbocycles. The van der Waals surface area contributed by atoms with Gasteiger partial charge >= 0.3 is 0 Å². The van der Waals surface area contributed by atoms with Gasteiger partial charge in [0, 0.05) is 20.6 Å². The maximum absolute atomic E-state index is 13.7. The predicted octanol–water partition coefficient (Wildman–Crippen LogP) is 5.22. The van der Waals surface area contributed by atoms with E-state index in [2.05, 4.69) is 15.9 Å². The highest BCUT2D eigenvalue weighted by Gasteiger charge is 2.11. The van der Waals surface area contributed by atoms with Gasteiger partial charge in [0.2, 0.25) is 0 Å². The molecule has 2 aromatic carbocycles. The molecule has 0 nitrogen and oxygen atoms in total. The minimum Gasteiger partial charge on any atom is -0.206 e. The van der Waals surface area contributed by atoms with Crippen LogP contribution < -0.4 is 0 Å². The summed E-state index contributed by atoms with van der Waals surface area (Å²) in [4.78, 5) is 0. The molecule has 0 atom stereocenters. The molecule has 0 aliphatic rings. The highest BCUT2D eigenvalue weighted by Crippen LogP contribution is 2.34. The van der Waals surface area contributed by atoms with Crippen LogP contribution in [0.4, 0.5) is 4.39 Å². The van der Waals surface area contributed by atoms with E-state index in [9.17, 15) is 4.39 Å². The smallest absolute Gasteiger partial charge is 0.131 e. The number of aryl methyl sites for hydroxylation is 1. The molecule has 0 aromatic heterocycles. The van der Waals surface area contributed by atoms with Crippen molar-refractivity contribution in [3.8, 4) is 11.1 Å². The molecule has 82 valence electrons. The molecule has 0 aliphatic carbocycles. The van der Waals surface area contributed by atoms with Crippen molar-refractivity contribution in [2.45, 2.75) is 6.92 Å². The lowest BCUT2D eigenvalue weighted by Gasteiger charge is -2.09. The van der Waals surface area contributed by atoms with Crippen LogP contribution in [0.2, 0.25) is 5.02 Å². The van der Waals surface area contributed by atoms with Gasteiger partial charge in [0.1, 0.15) is 5.82 Å². The van der Waals surface area contributed by atoms with Crippen molar-refractivity contribution in [3.63, 3.8) is 0 Å². The highest BCUT2D eigenvalue weighted by atomic mass is 79.9. The lowest BCUT2D eigenvalue weighted by Crippen LogP contribution is -1.89. The monoisotopic (exact) mass is 298 g/mol. The minimum atomic E-state index is -0.264. The number of hydrogen-bond acceptors (Lipinski definition) is 0. The van der Waals surface area contributed by atoms with E-state index in [0.29, 0.717) is 10.6 Å². The van der Waals surface area contributed by atoms with Crippen LogP contribution in [0.3, 0.4) is 0 Å². The summed E-state index contributed by atoms with van der Waals surface area (Å²) in [5.41, 5.74) is 2.24. The van der Waals surface area contributed by atoms with Gasteiger partial charge in [-0.3, -0.25) is 0 Å². The molecule has 3 heteroatoms. The van der Waals surface area contributed by atoms with E-state index >= 15 is 0 Å². The summed E-state index contributed by atoms with van der Waals surface area (Å²) < 4.78 is 14.6. The van der Waals surface area contributed by atoms with E-state index < -0.39 is 0 Å². The average Bonchev–Trinajstić information content (AvgIpc) is 2.23. The van der Waals surface area contributed by atoms with Gasteiger partial charge in [-0.2, -0.15) is 0 Å². The molecule has 0 fully saturated rings. The van der Waals surface area contributed by atoms with Crippen molar-refractivity contribution >= 4 is 27.5 Å². The van der Waals surface area contributed by atoms with Crippen LogP contribution in [-0.2, 0) is 0 Å². The summed E-state index contributed by atoms with van der Waals surface area (Å²) in [6.07, 6.45) is 0. The fourth-order valence-electron chi connectivity index (χ4n) is 1.66. The Balaban J connectivity index is 2.72. The van der Waals surface area contributed by atoms with E-state index in [0.717, 1.165) is 15.6 Å². The lowest BCUT2D eigenvalue weighted by molar-refractivity contribution is 0.631. The predicted molar refractivity (Wildman–Crippen MR) is 69.3 cm³/mol. The van der Waals surface area contributed by atoms with Crippen LogP contribution in [0.15, 0.2) is 40.9 Å². The van der Waals surface area contributed by atoms with Gasteiger partial charge in [-0.15, -0.1) is 0 Å². The zero-order chi connectivity index (χ0) is 11.7. The van der Waals surface area contributed by atoms with Gasteiger partial charge < -0.3 is 0 Å². The van der Waals surface area contributed by atoms with Gasteiger partial charge in [0.05, 0.1) is 0 Å². The molecule has 0 amide bonds. The summed E-state index contributed by atoms with van der Waals surface area (Å²) in [6, 6.07) is 10.4. The maximum Gasteiger partial charge on any atom is 0.131 e. The standard InChI is InChI=1S/C13H9BrClF/c1-8-3-2-4-11(15)13(8)10-7-9(14)5-6-12(10)16/h2-7H,1H3. The van der Waals surface area contributed by atoms with Crippen molar-refractivity contribution in [2.75, 3.05) is 0 Å². The van der Waals surface area contributed by atoms with Crippen LogP contribution in [0.1, 0.15) is 5.56 Å². The van der Waals surface area contributed by atoms with E-state index in [4.69, 9.17) is 11.6 Å². The topological polar surface area (TPSA) is 0 Å². The van der Waals surface area contributed by atoms with Gasteiger partial charge in [-0.25, -0.2) is 4.39 Å². The number of rotatable bonds is 1. The Morgan fingerprint density at radius 2 is 1.94 bits per heavy atom. The van der Waals surface area contributed by atoms with Gasteiger partial charge in [0.25, 0.3) is 0 Å².